The summed E-state index contributed by atoms with van der Waals surface area (Å²) in [5, 5.41) is 19.5. The van der Waals surface area contributed by atoms with E-state index in [1.807, 2.05) is 0 Å². The summed E-state index contributed by atoms with van der Waals surface area (Å²) in [6, 6.07) is 0. The first-order valence-corrected chi connectivity index (χ1v) is 6.50. The van der Waals surface area contributed by atoms with Gasteiger partial charge in [-0.3, -0.25) is 9.59 Å². The fraction of sp³-hybridized carbons (Fsp3) is 0.600. The van der Waals surface area contributed by atoms with E-state index in [-0.39, 0.29) is 18.1 Å². The molecule has 2 bridgehead atoms. The number of ether oxygens (including phenoxy) is 1. The van der Waals surface area contributed by atoms with Crippen LogP contribution in [0.1, 0.15) is 12.8 Å². The maximum absolute atomic E-state index is 12.1. The molecule has 0 saturated carbocycles. The van der Waals surface area contributed by atoms with Gasteiger partial charge < -0.3 is 15.2 Å². The summed E-state index contributed by atoms with van der Waals surface area (Å²) in [4.78, 5) is 23.3. The average molecular weight is 269 g/mol. The second kappa shape index (κ2) is 4.29. The summed E-state index contributed by atoms with van der Waals surface area (Å²) in [5.74, 6) is -2.70. The SMILES string of the molecule is O=C(Nc1nncs1)[C@@H]1[C@H](C(=O)O)[C@@H]2CC[C@H]1O2. The van der Waals surface area contributed by atoms with E-state index < -0.39 is 17.8 Å². The fourth-order valence-corrected chi connectivity index (χ4v) is 3.19. The van der Waals surface area contributed by atoms with Crippen LogP contribution in [0.5, 0.6) is 0 Å². The molecule has 4 atom stereocenters. The van der Waals surface area contributed by atoms with Crippen LogP contribution in [-0.2, 0) is 14.3 Å². The first-order valence-electron chi connectivity index (χ1n) is 5.62. The van der Waals surface area contributed by atoms with Crippen LogP contribution in [0, 0.1) is 11.8 Å². The Morgan fingerprint density at radius 1 is 1.39 bits per heavy atom. The first kappa shape index (κ1) is 11.5. The Balaban J connectivity index is 1.78. The normalized spacial score (nSPS) is 33.6. The molecule has 0 aromatic carbocycles. The van der Waals surface area contributed by atoms with E-state index in [0.717, 1.165) is 6.42 Å². The Morgan fingerprint density at radius 2 is 2.11 bits per heavy atom. The van der Waals surface area contributed by atoms with Gasteiger partial charge in [0, 0.05) is 0 Å². The molecule has 2 N–H and O–H groups in total. The van der Waals surface area contributed by atoms with Gasteiger partial charge in [-0.1, -0.05) is 11.3 Å². The highest BCUT2D eigenvalue weighted by molar-refractivity contribution is 7.13. The third-order valence-corrected chi connectivity index (χ3v) is 4.06. The molecule has 7 nitrogen and oxygen atoms in total. The maximum Gasteiger partial charge on any atom is 0.310 e. The standard InChI is InChI=1S/C10H11N3O4S/c14-8(12-10-13-11-3-18-10)6-4-1-2-5(17-4)7(6)9(15)16/h3-7H,1-2H2,(H,15,16)(H,12,13,14)/t4-,5+,6+,7-/m1/s1. The second-order valence-corrected chi connectivity index (χ2v) is 5.25. The highest BCUT2D eigenvalue weighted by atomic mass is 32.1. The third-order valence-electron chi connectivity index (χ3n) is 3.45. The number of carbonyl (C=O) groups excluding carboxylic acids is 1. The first-order chi connectivity index (χ1) is 8.66. The molecule has 0 unspecified atom stereocenters. The summed E-state index contributed by atoms with van der Waals surface area (Å²) < 4.78 is 5.52. The van der Waals surface area contributed by atoms with Crippen molar-refractivity contribution in [1.82, 2.24) is 10.2 Å². The molecule has 0 radical (unpaired) electrons. The van der Waals surface area contributed by atoms with Gasteiger partial charge in [0.05, 0.1) is 24.0 Å². The molecule has 3 heterocycles. The Kier molecular flexibility index (Phi) is 2.75. The number of carboxylic acid groups (broad SMARTS) is 1. The highest BCUT2D eigenvalue weighted by Gasteiger charge is 2.55. The number of amides is 1. The van der Waals surface area contributed by atoms with Crippen molar-refractivity contribution < 1.29 is 19.4 Å². The van der Waals surface area contributed by atoms with Crippen LogP contribution in [0.2, 0.25) is 0 Å². The summed E-state index contributed by atoms with van der Waals surface area (Å²) in [6.07, 6.45) is 0.828. The predicted octanol–water partition coefficient (Wildman–Crippen LogP) is 0.355. The van der Waals surface area contributed by atoms with Crippen molar-refractivity contribution in [2.45, 2.75) is 25.0 Å². The largest absolute Gasteiger partial charge is 0.481 e. The van der Waals surface area contributed by atoms with Crippen molar-refractivity contribution in [2.75, 3.05) is 5.32 Å². The minimum atomic E-state index is -0.973. The van der Waals surface area contributed by atoms with Gasteiger partial charge in [0.1, 0.15) is 5.51 Å². The molecule has 18 heavy (non-hydrogen) atoms. The molecule has 0 spiro atoms. The van der Waals surface area contributed by atoms with Gasteiger partial charge in [0.25, 0.3) is 0 Å². The lowest BCUT2D eigenvalue weighted by Gasteiger charge is -2.23. The monoisotopic (exact) mass is 269 g/mol. The zero-order valence-electron chi connectivity index (χ0n) is 9.28. The van der Waals surface area contributed by atoms with Crippen molar-refractivity contribution in [3.8, 4) is 0 Å². The summed E-state index contributed by atoms with van der Waals surface area (Å²) in [6.45, 7) is 0. The number of aliphatic carboxylic acids is 1. The lowest BCUT2D eigenvalue weighted by atomic mass is 9.79. The lowest BCUT2D eigenvalue weighted by Crippen LogP contribution is -2.40. The minimum absolute atomic E-state index is 0.288. The molecule has 1 aromatic rings. The number of hydrogen-bond donors (Lipinski definition) is 2. The van der Waals surface area contributed by atoms with Crippen LogP contribution in [0.4, 0.5) is 5.13 Å². The molecule has 1 amide bonds. The molecule has 1 aromatic heterocycles. The van der Waals surface area contributed by atoms with Crippen LogP contribution in [0.15, 0.2) is 5.51 Å². The van der Waals surface area contributed by atoms with Crippen LogP contribution in [-0.4, -0.2) is 39.4 Å². The number of carboxylic acids is 1. The third kappa shape index (κ3) is 1.77. The van der Waals surface area contributed by atoms with E-state index in [1.165, 1.54) is 16.8 Å². The smallest absolute Gasteiger partial charge is 0.310 e. The number of aromatic nitrogens is 2. The van der Waals surface area contributed by atoms with Crippen LogP contribution >= 0.6 is 11.3 Å². The van der Waals surface area contributed by atoms with Gasteiger partial charge in [-0.25, -0.2) is 0 Å². The van der Waals surface area contributed by atoms with Crippen molar-refractivity contribution >= 4 is 28.3 Å². The van der Waals surface area contributed by atoms with Gasteiger partial charge in [0.15, 0.2) is 0 Å². The van der Waals surface area contributed by atoms with E-state index in [9.17, 15) is 14.7 Å². The van der Waals surface area contributed by atoms with Crippen LogP contribution in [0.25, 0.3) is 0 Å². The van der Waals surface area contributed by atoms with Crippen LogP contribution < -0.4 is 5.32 Å². The summed E-state index contributed by atoms with van der Waals surface area (Å²) in [5.41, 5.74) is 1.50. The van der Waals surface area contributed by atoms with Gasteiger partial charge >= 0.3 is 5.97 Å². The number of hydrogen-bond acceptors (Lipinski definition) is 6. The lowest BCUT2D eigenvalue weighted by molar-refractivity contribution is -0.147. The molecular formula is C10H11N3O4S. The van der Waals surface area contributed by atoms with E-state index in [2.05, 4.69) is 15.5 Å². The molecule has 2 fully saturated rings. The number of rotatable bonds is 3. The fourth-order valence-electron chi connectivity index (χ4n) is 2.74. The summed E-state index contributed by atoms with van der Waals surface area (Å²) in [7, 11) is 0. The number of carbonyl (C=O) groups is 2. The zero-order valence-corrected chi connectivity index (χ0v) is 10.1. The molecule has 96 valence electrons. The van der Waals surface area contributed by atoms with E-state index in [0.29, 0.717) is 11.6 Å². The van der Waals surface area contributed by atoms with Crippen LogP contribution in [0.3, 0.4) is 0 Å². The molecule has 2 aliphatic rings. The van der Waals surface area contributed by atoms with Crippen molar-refractivity contribution in [1.29, 1.82) is 0 Å². The Morgan fingerprint density at radius 3 is 2.72 bits per heavy atom. The Hall–Kier alpha value is -1.54. The van der Waals surface area contributed by atoms with Gasteiger partial charge in [-0.15, -0.1) is 10.2 Å². The predicted molar refractivity (Wildman–Crippen MR) is 61.0 cm³/mol. The molecule has 2 saturated heterocycles. The molecule has 2 aliphatic heterocycles. The van der Waals surface area contributed by atoms with Crippen molar-refractivity contribution in [3.05, 3.63) is 5.51 Å². The average Bonchev–Trinajstić information content (AvgIpc) is 3.03. The quantitative estimate of drug-likeness (QED) is 0.821. The maximum atomic E-state index is 12.1. The molecule has 3 rings (SSSR count). The van der Waals surface area contributed by atoms with Gasteiger partial charge in [-0.2, -0.15) is 0 Å². The van der Waals surface area contributed by atoms with Crippen molar-refractivity contribution in [3.63, 3.8) is 0 Å². The topological polar surface area (TPSA) is 101 Å². The molecular weight excluding hydrogens is 258 g/mol. The van der Waals surface area contributed by atoms with E-state index in [1.54, 1.807) is 0 Å². The number of nitrogens with zero attached hydrogens (tertiary/aromatic N) is 2. The van der Waals surface area contributed by atoms with Gasteiger partial charge in [0.2, 0.25) is 11.0 Å². The molecule has 8 heteroatoms. The number of anilines is 1. The second-order valence-electron chi connectivity index (χ2n) is 4.41. The Labute approximate surface area is 106 Å². The number of nitrogens with one attached hydrogen (secondary N) is 1. The number of fused-ring (bicyclic) bond motifs is 2. The Bertz CT molecular complexity index is 477. The van der Waals surface area contributed by atoms with E-state index in [4.69, 9.17) is 4.74 Å². The summed E-state index contributed by atoms with van der Waals surface area (Å²) >= 11 is 1.20. The van der Waals surface area contributed by atoms with E-state index >= 15 is 0 Å². The molecule has 0 aliphatic carbocycles. The highest BCUT2D eigenvalue weighted by Crippen LogP contribution is 2.44. The zero-order chi connectivity index (χ0) is 12.7. The van der Waals surface area contributed by atoms with Crippen molar-refractivity contribution in [2.24, 2.45) is 11.8 Å². The minimum Gasteiger partial charge on any atom is -0.481 e. The van der Waals surface area contributed by atoms with Gasteiger partial charge in [-0.05, 0) is 12.8 Å².